The normalized spacial score (nSPS) is 36.6. The highest BCUT2D eigenvalue weighted by molar-refractivity contribution is 5.79. The molecule has 3 nitrogen and oxygen atoms in total. The van der Waals surface area contributed by atoms with Gasteiger partial charge in [-0.05, 0) is 51.9 Å². The molecule has 0 aromatic rings. The van der Waals surface area contributed by atoms with Crippen molar-refractivity contribution in [2.75, 3.05) is 26.2 Å². The van der Waals surface area contributed by atoms with E-state index in [4.69, 9.17) is 0 Å². The molecule has 1 heterocycles. The number of carbonyl (C=O) groups is 1. The summed E-state index contributed by atoms with van der Waals surface area (Å²) >= 11 is 0. The van der Waals surface area contributed by atoms with E-state index in [0.29, 0.717) is 11.8 Å². The van der Waals surface area contributed by atoms with Crippen LogP contribution in [0.25, 0.3) is 0 Å². The Morgan fingerprint density at radius 3 is 2.00 bits per heavy atom. The zero-order chi connectivity index (χ0) is 12.9. The van der Waals surface area contributed by atoms with Crippen LogP contribution in [0, 0.1) is 17.8 Å². The summed E-state index contributed by atoms with van der Waals surface area (Å²) < 4.78 is 0. The summed E-state index contributed by atoms with van der Waals surface area (Å²) in [6.45, 7) is 10.7. The molecule has 3 rings (SSSR count). The minimum atomic E-state index is 0.240. The van der Waals surface area contributed by atoms with Crippen molar-refractivity contribution in [1.29, 1.82) is 0 Å². The van der Waals surface area contributed by atoms with E-state index in [1.54, 1.807) is 0 Å². The minimum Gasteiger partial charge on any atom is -0.340 e. The van der Waals surface area contributed by atoms with E-state index in [2.05, 4.69) is 30.6 Å². The SMILES string of the molecule is CC(C)(C)N1CCN(C(=O)C2CC3CC3C2)CC1. The first kappa shape index (κ1) is 12.5. The molecule has 3 fully saturated rings. The Kier molecular flexibility index (Phi) is 2.92. The molecule has 2 atom stereocenters. The number of amides is 1. The lowest BCUT2D eigenvalue weighted by Crippen LogP contribution is -2.55. The average molecular weight is 250 g/mol. The Morgan fingerprint density at radius 2 is 1.50 bits per heavy atom. The summed E-state index contributed by atoms with van der Waals surface area (Å²) in [6, 6.07) is 0. The number of piperazine rings is 1. The van der Waals surface area contributed by atoms with E-state index in [9.17, 15) is 4.79 Å². The summed E-state index contributed by atoms with van der Waals surface area (Å²) in [4.78, 5) is 17.0. The number of fused-ring (bicyclic) bond motifs is 1. The molecule has 3 aliphatic rings. The van der Waals surface area contributed by atoms with E-state index in [1.165, 1.54) is 19.3 Å². The van der Waals surface area contributed by atoms with Gasteiger partial charge >= 0.3 is 0 Å². The Labute approximate surface area is 111 Å². The quantitative estimate of drug-likeness (QED) is 0.710. The van der Waals surface area contributed by atoms with Crippen molar-refractivity contribution < 1.29 is 4.79 Å². The van der Waals surface area contributed by atoms with Gasteiger partial charge in [-0.15, -0.1) is 0 Å². The molecular formula is C15H26N2O. The standard InChI is InChI=1S/C15H26N2O/c1-15(2,3)17-6-4-16(5-7-17)14(18)13-9-11-8-12(11)10-13/h11-13H,4-10H2,1-3H3. The minimum absolute atomic E-state index is 0.240. The van der Waals surface area contributed by atoms with Crippen LogP contribution in [-0.4, -0.2) is 47.4 Å². The Morgan fingerprint density at radius 1 is 0.944 bits per heavy atom. The molecule has 0 aromatic carbocycles. The number of nitrogens with zero attached hydrogens (tertiary/aromatic N) is 2. The van der Waals surface area contributed by atoms with Gasteiger partial charge in [0.05, 0.1) is 0 Å². The van der Waals surface area contributed by atoms with Crippen molar-refractivity contribution in [2.24, 2.45) is 17.8 Å². The molecule has 1 aliphatic heterocycles. The van der Waals surface area contributed by atoms with Crippen LogP contribution in [0.15, 0.2) is 0 Å². The van der Waals surface area contributed by atoms with Gasteiger partial charge in [0.25, 0.3) is 0 Å². The Hall–Kier alpha value is -0.570. The van der Waals surface area contributed by atoms with Crippen LogP contribution in [-0.2, 0) is 4.79 Å². The largest absolute Gasteiger partial charge is 0.340 e. The van der Waals surface area contributed by atoms with Crippen LogP contribution in [0.5, 0.6) is 0 Å². The predicted octanol–water partition coefficient (Wildman–Crippen LogP) is 1.98. The van der Waals surface area contributed by atoms with Gasteiger partial charge in [0.2, 0.25) is 5.91 Å². The lowest BCUT2D eigenvalue weighted by atomic mass is 10.0. The highest BCUT2D eigenvalue weighted by Crippen LogP contribution is 2.54. The number of carbonyl (C=O) groups excluding carboxylic acids is 1. The van der Waals surface area contributed by atoms with Gasteiger partial charge in [-0.25, -0.2) is 0 Å². The summed E-state index contributed by atoms with van der Waals surface area (Å²) in [5, 5.41) is 0. The van der Waals surface area contributed by atoms with Crippen LogP contribution in [0.4, 0.5) is 0 Å². The van der Waals surface area contributed by atoms with Gasteiger partial charge < -0.3 is 4.90 Å². The van der Waals surface area contributed by atoms with Gasteiger partial charge in [-0.3, -0.25) is 9.69 Å². The molecule has 2 unspecified atom stereocenters. The lowest BCUT2D eigenvalue weighted by molar-refractivity contribution is -0.138. The van der Waals surface area contributed by atoms with E-state index < -0.39 is 0 Å². The molecule has 0 aromatic heterocycles. The second-order valence-corrected chi connectivity index (χ2v) is 7.41. The highest BCUT2D eigenvalue weighted by atomic mass is 16.2. The van der Waals surface area contributed by atoms with Crippen LogP contribution in [0.1, 0.15) is 40.0 Å². The predicted molar refractivity (Wildman–Crippen MR) is 72.2 cm³/mol. The molecule has 18 heavy (non-hydrogen) atoms. The van der Waals surface area contributed by atoms with Crippen LogP contribution in [0.3, 0.4) is 0 Å². The van der Waals surface area contributed by atoms with Crippen molar-refractivity contribution >= 4 is 5.91 Å². The van der Waals surface area contributed by atoms with Gasteiger partial charge in [0, 0.05) is 37.6 Å². The number of rotatable bonds is 1. The van der Waals surface area contributed by atoms with Gasteiger partial charge in [0.15, 0.2) is 0 Å². The molecule has 0 bridgehead atoms. The fourth-order valence-corrected chi connectivity index (χ4v) is 3.77. The molecule has 2 aliphatic carbocycles. The first-order chi connectivity index (χ1) is 8.45. The van der Waals surface area contributed by atoms with Crippen molar-refractivity contribution in [3.05, 3.63) is 0 Å². The second-order valence-electron chi connectivity index (χ2n) is 7.41. The Balaban J connectivity index is 1.51. The fourth-order valence-electron chi connectivity index (χ4n) is 3.77. The van der Waals surface area contributed by atoms with Gasteiger partial charge in [0.1, 0.15) is 0 Å². The van der Waals surface area contributed by atoms with E-state index in [-0.39, 0.29) is 5.54 Å². The topological polar surface area (TPSA) is 23.6 Å². The molecule has 0 radical (unpaired) electrons. The third-order valence-electron chi connectivity index (χ3n) is 5.13. The number of hydrogen-bond donors (Lipinski definition) is 0. The van der Waals surface area contributed by atoms with E-state index in [1.807, 2.05) is 0 Å². The molecular weight excluding hydrogens is 224 g/mol. The van der Waals surface area contributed by atoms with Crippen LogP contribution < -0.4 is 0 Å². The molecule has 3 heteroatoms. The lowest BCUT2D eigenvalue weighted by Gasteiger charge is -2.42. The van der Waals surface area contributed by atoms with Crippen molar-refractivity contribution in [3.8, 4) is 0 Å². The van der Waals surface area contributed by atoms with Gasteiger partial charge in [-0.1, -0.05) is 0 Å². The summed E-state index contributed by atoms with van der Waals surface area (Å²) in [7, 11) is 0. The van der Waals surface area contributed by atoms with E-state index in [0.717, 1.165) is 38.0 Å². The summed E-state index contributed by atoms with van der Waals surface area (Å²) in [5.74, 6) is 2.65. The number of hydrogen-bond acceptors (Lipinski definition) is 2. The van der Waals surface area contributed by atoms with Crippen molar-refractivity contribution in [2.45, 2.75) is 45.6 Å². The average Bonchev–Trinajstić information content (AvgIpc) is 2.94. The van der Waals surface area contributed by atoms with Gasteiger partial charge in [-0.2, -0.15) is 0 Å². The molecule has 1 saturated heterocycles. The zero-order valence-corrected chi connectivity index (χ0v) is 12.0. The smallest absolute Gasteiger partial charge is 0.225 e. The monoisotopic (exact) mass is 250 g/mol. The maximum atomic E-state index is 12.4. The first-order valence-corrected chi connectivity index (χ1v) is 7.49. The molecule has 0 N–H and O–H groups in total. The van der Waals surface area contributed by atoms with Crippen LogP contribution in [0.2, 0.25) is 0 Å². The zero-order valence-electron chi connectivity index (χ0n) is 12.0. The van der Waals surface area contributed by atoms with Crippen molar-refractivity contribution in [3.63, 3.8) is 0 Å². The third-order valence-corrected chi connectivity index (χ3v) is 5.13. The second kappa shape index (κ2) is 4.22. The maximum Gasteiger partial charge on any atom is 0.225 e. The van der Waals surface area contributed by atoms with Crippen molar-refractivity contribution in [1.82, 2.24) is 9.80 Å². The molecule has 0 spiro atoms. The first-order valence-electron chi connectivity index (χ1n) is 7.49. The van der Waals surface area contributed by atoms with E-state index >= 15 is 0 Å². The Bertz CT molecular complexity index is 329. The fraction of sp³-hybridized carbons (Fsp3) is 0.933. The molecule has 2 saturated carbocycles. The summed E-state index contributed by atoms with van der Waals surface area (Å²) in [5.41, 5.74) is 0.240. The third kappa shape index (κ3) is 2.29. The molecule has 102 valence electrons. The highest BCUT2D eigenvalue weighted by Gasteiger charge is 2.49. The molecule has 1 amide bonds. The van der Waals surface area contributed by atoms with Crippen LogP contribution >= 0.6 is 0 Å². The maximum absolute atomic E-state index is 12.4. The summed E-state index contributed by atoms with van der Waals surface area (Å²) in [6.07, 6.45) is 3.77.